The van der Waals surface area contributed by atoms with Crippen molar-refractivity contribution in [2.24, 2.45) is 0 Å². The maximum Gasteiger partial charge on any atom is 0.418 e. The Labute approximate surface area is 174 Å². The average Bonchev–Trinajstić information content (AvgIpc) is 3.12. The van der Waals surface area contributed by atoms with E-state index in [1.807, 2.05) is 13.0 Å². The van der Waals surface area contributed by atoms with Crippen molar-refractivity contribution in [1.82, 2.24) is 9.78 Å². The summed E-state index contributed by atoms with van der Waals surface area (Å²) in [5.41, 5.74) is 0.238. The van der Waals surface area contributed by atoms with Gasteiger partial charge in [-0.05, 0) is 55.5 Å². The number of hydrogen-bond acceptors (Lipinski definition) is 4. The van der Waals surface area contributed by atoms with Crippen molar-refractivity contribution in [3.63, 3.8) is 0 Å². The van der Waals surface area contributed by atoms with Crippen molar-refractivity contribution in [1.29, 1.82) is 0 Å². The molecule has 3 aromatic rings. The number of aromatic nitrogens is 2. The van der Waals surface area contributed by atoms with Crippen LogP contribution < -0.4 is 5.32 Å². The van der Waals surface area contributed by atoms with Gasteiger partial charge in [-0.15, -0.1) is 0 Å². The number of rotatable bonds is 5. The molecule has 30 heavy (non-hydrogen) atoms. The first-order valence-electron chi connectivity index (χ1n) is 8.60. The minimum Gasteiger partial charge on any atom is -0.452 e. The fourth-order valence-electron chi connectivity index (χ4n) is 2.64. The molecular formula is C20H15ClF3N3O3. The Morgan fingerprint density at radius 3 is 2.43 bits per heavy atom. The number of nitrogens with one attached hydrogen (secondary N) is 1. The molecular weight excluding hydrogens is 423 g/mol. The largest absolute Gasteiger partial charge is 0.452 e. The molecule has 1 aromatic heterocycles. The Morgan fingerprint density at radius 2 is 1.83 bits per heavy atom. The fraction of sp³-hybridized carbons (Fsp3) is 0.150. The van der Waals surface area contributed by atoms with Gasteiger partial charge in [0.1, 0.15) is 0 Å². The first-order chi connectivity index (χ1) is 14.1. The molecule has 0 fully saturated rings. The van der Waals surface area contributed by atoms with Gasteiger partial charge < -0.3 is 10.1 Å². The Hall–Kier alpha value is -3.33. The molecule has 1 heterocycles. The van der Waals surface area contributed by atoms with Crippen molar-refractivity contribution in [2.45, 2.75) is 13.1 Å². The lowest BCUT2D eigenvalue weighted by Crippen LogP contribution is -2.22. The molecule has 0 spiro atoms. The summed E-state index contributed by atoms with van der Waals surface area (Å²) in [4.78, 5) is 24.1. The van der Waals surface area contributed by atoms with Crippen LogP contribution in [0.15, 0.2) is 54.7 Å². The summed E-state index contributed by atoms with van der Waals surface area (Å²) >= 11 is 5.59. The van der Waals surface area contributed by atoms with E-state index < -0.39 is 35.9 Å². The molecule has 0 radical (unpaired) electrons. The second-order valence-corrected chi connectivity index (χ2v) is 6.68. The van der Waals surface area contributed by atoms with E-state index in [-0.39, 0.29) is 10.6 Å². The van der Waals surface area contributed by atoms with Crippen molar-refractivity contribution in [3.8, 4) is 5.69 Å². The van der Waals surface area contributed by atoms with E-state index in [0.29, 0.717) is 6.07 Å². The Balaban J connectivity index is 1.61. The number of halogens is 4. The molecule has 156 valence electrons. The van der Waals surface area contributed by atoms with Gasteiger partial charge in [-0.3, -0.25) is 4.79 Å². The van der Waals surface area contributed by atoms with Gasteiger partial charge in [0.05, 0.1) is 22.5 Å². The van der Waals surface area contributed by atoms with Crippen LogP contribution in [0.4, 0.5) is 18.9 Å². The van der Waals surface area contributed by atoms with Crippen molar-refractivity contribution < 1.29 is 27.5 Å². The maximum absolute atomic E-state index is 13.1. The minimum atomic E-state index is -4.71. The number of nitrogens with zero attached hydrogens (tertiary/aromatic N) is 2. The monoisotopic (exact) mass is 437 g/mol. The maximum atomic E-state index is 13.1. The third-order valence-corrected chi connectivity index (χ3v) is 4.31. The van der Waals surface area contributed by atoms with Crippen LogP contribution in [0.3, 0.4) is 0 Å². The van der Waals surface area contributed by atoms with Crippen molar-refractivity contribution in [2.75, 3.05) is 11.9 Å². The van der Waals surface area contributed by atoms with E-state index in [0.717, 1.165) is 17.4 Å². The van der Waals surface area contributed by atoms with Crippen LogP contribution in [0.2, 0.25) is 5.02 Å². The lowest BCUT2D eigenvalue weighted by atomic mass is 10.1. The lowest BCUT2D eigenvalue weighted by Gasteiger charge is -2.14. The molecule has 0 bridgehead atoms. The van der Waals surface area contributed by atoms with Crippen LogP contribution in [0.1, 0.15) is 21.6 Å². The molecule has 0 aliphatic rings. The summed E-state index contributed by atoms with van der Waals surface area (Å²) < 4.78 is 45.8. The van der Waals surface area contributed by atoms with Gasteiger partial charge in [-0.25, -0.2) is 9.48 Å². The number of carbonyl (C=O) groups excluding carboxylic acids is 2. The first kappa shape index (κ1) is 21.4. The summed E-state index contributed by atoms with van der Waals surface area (Å²) in [6.45, 7) is 1.12. The van der Waals surface area contributed by atoms with Gasteiger partial charge in [0.25, 0.3) is 5.91 Å². The van der Waals surface area contributed by atoms with Gasteiger partial charge in [0.15, 0.2) is 6.61 Å². The fourth-order valence-corrected chi connectivity index (χ4v) is 2.81. The van der Waals surface area contributed by atoms with Gasteiger partial charge >= 0.3 is 12.1 Å². The van der Waals surface area contributed by atoms with E-state index in [1.54, 1.807) is 23.0 Å². The second-order valence-electron chi connectivity index (χ2n) is 6.24. The molecule has 0 atom stereocenters. The van der Waals surface area contributed by atoms with E-state index in [2.05, 4.69) is 10.4 Å². The number of amides is 1. The standard InChI is InChI=1S/C20H15ClF3N3O3/c1-12-8-9-25-27(12)15-5-2-13(3-6-15)19(29)30-11-18(28)26-17-7-4-14(21)10-16(17)20(22,23)24/h2-10H,11H2,1H3,(H,26,28). The number of anilines is 1. The number of ether oxygens (including phenoxy) is 1. The zero-order chi connectivity index (χ0) is 21.9. The highest BCUT2D eigenvalue weighted by molar-refractivity contribution is 6.30. The highest BCUT2D eigenvalue weighted by Crippen LogP contribution is 2.36. The Kier molecular flexibility index (Phi) is 6.12. The second kappa shape index (κ2) is 8.58. The zero-order valence-corrected chi connectivity index (χ0v) is 16.3. The topological polar surface area (TPSA) is 73.2 Å². The summed E-state index contributed by atoms with van der Waals surface area (Å²) in [7, 11) is 0. The van der Waals surface area contributed by atoms with Crippen LogP contribution in [0, 0.1) is 6.92 Å². The highest BCUT2D eigenvalue weighted by atomic mass is 35.5. The number of carbonyl (C=O) groups is 2. The molecule has 2 aromatic carbocycles. The summed E-state index contributed by atoms with van der Waals surface area (Å²) in [6, 6.07) is 11.1. The number of hydrogen-bond donors (Lipinski definition) is 1. The van der Waals surface area contributed by atoms with Crippen LogP contribution in [-0.4, -0.2) is 28.3 Å². The zero-order valence-electron chi connectivity index (χ0n) is 15.5. The van der Waals surface area contributed by atoms with Crippen molar-refractivity contribution >= 4 is 29.2 Å². The normalized spacial score (nSPS) is 11.2. The third-order valence-electron chi connectivity index (χ3n) is 4.08. The summed E-state index contributed by atoms with van der Waals surface area (Å²) in [6.07, 6.45) is -3.07. The van der Waals surface area contributed by atoms with Crippen LogP contribution in [0.25, 0.3) is 5.69 Å². The predicted molar refractivity (Wildman–Crippen MR) is 104 cm³/mol. The van der Waals surface area contributed by atoms with Gasteiger partial charge in [0, 0.05) is 16.9 Å². The first-order valence-corrected chi connectivity index (χ1v) is 8.98. The van der Waals surface area contributed by atoms with Gasteiger partial charge in [-0.1, -0.05) is 11.6 Å². The SMILES string of the molecule is Cc1ccnn1-c1ccc(C(=O)OCC(=O)Nc2ccc(Cl)cc2C(F)(F)F)cc1. The number of benzene rings is 2. The molecule has 6 nitrogen and oxygen atoms in total. The van der Waals surface area contributed by atoms with E-state index >= 15 is 0 Å². The molecule has 1 amide bonds. The van der Waals surface area contributed by atoms with Crippen LogP contribution in [-0.2, 0) is 15.7 Å². The van der Waals surface area contributed by atoms with E-state index in [1.165, 1.54) is 18.2 Å². The Bertz CT molecular complexity index is 1080. The summed E-state index contributed by atoms with van der Waals surface area (Å²) in [5.74, 6) is -1.71. The molecule has 1 N–H and O–H groups in total. The average molecular weight is 438 g/mol. The molecule has 0 saturated heterocycles. The minimum absolute atomic E-state index is 0.125. The van der Waals surface area contributed by atoms with Gasteiger partial charge in [0.2, 0.25) is 0 Å². The smallest absolute Gasteiger partial charge is 0.418 e. The molecule has 0 aliphatic heterocycles. The van der Waals surface area contributed by atoms with E-state index in [4.69, 9.17) is 16.3 Å². The van der Waals surface area contributed by atoms with E-state index in [9.17, 15) is 22.8 Å². The summed E-state index contributed by atoms with van der Waals surface area (Å²) in [5, 5.41) is 6.10. The predicted octanol–water partition coefficient (Wildman–Crippen LogP) is 4.65. The molecule has 10 heteroatoms. The Morgan fingerprint density at radius 1 is 1.13 bits per heavy atom. The molecule has 0 aliphatic carbocycles. The van der Waals surface area contributed by atoms with Crippen molar-refractivity contribution in [3.05, 3.63) is 76.6 Å². The highest BCUT2D eigenvalue weighted by Gasteiger charge is 2.34. The third kappa shape index (κ3) is 4.98. The molecule has 3 rings (SSSR count). The molecule has 0 saturated carbocycles. The van der Waals surface area contributed by atoms with Gasteiger partial charge in [-0.2, -0.15) is 18.3 Å². The van der Waals surface area contributed by atoms with Crippen LogP contribution in [0.5, 0.6) is 0 Å². The number of esters is 1. The van der Waals surface area contributed by atoms with Crippen LogP contribution >= 0.6 is 11.6 Å². The number of alkyl halides is 3. The number of aryl methyl sites for hydroxylation is 1. The lowest BCUT2D eigenvalue weighted by molar-refractivity contribution is -0.137. The quantitative estimate of drug-likeness (QED) is 0.590. The molecule has 0 unspecified atom stereocenters.